The van der Waals surface area contributed by atoms with E-state index in [1.54, 1.807) is 0 Å². The van der Waals surface area contributed by atoms with Gasteiger partial charge < -0.3 is 15.4 Å². The highest BCUT2D eigenvalue weighted by atomic mass is 35.5. The van der Waals surface area contributed by atoms with Crippen LogP contribution in [0.5, 0.6) is 5.88 Å². The fourth-order valence-electron chi connectivity index (χ4n) is 2.83. The van der Waals surface area contributed by atoms with Gasteiger partial charge in [0.2, 0.25) is 5.88 Å². The summed E-state index contributed by atoms with van der Waals surface area (Å²) in [6.45, 7) is 0.534. The van der Waals surface area contributed by atoms with Crippen molar-refractivity contribution in [3.63, 3.8) is 0 Å². The summed E-state index contributed by atoms with van der Waals surface area (Å²) in [6.07, 6.45) is -0.123. The lowest BCUT2D eigenvalue weighted by Crippen LogP contribution is -2.28. The van der Waals surface area contributed by atoms with Crippen LogP contribution in [0.25, 0.3) is 0 Å². The summed E-state index contributed by atoms with van der Waals surface area (Å²) in [5.74, 6) is -0.329. The molecule has 0 spiro atoms. The average Bonchev–Trinajstić information content (AvgIpc) is 2.67. The monoisotopic (exact) mass is 416 g/mol. The number of alkyl halides is 3. The lowest BCUT2D eigenvalue weighted by molar-refractivity contribution is -0.154. The van der Waals surface area contributed by atoms with E-state index in [1.165, 1.54) is 5.56 Å². The SMILES string of the molecule is Cl.O=C(Nc1ccc([C@@H]2CCCNC2)cc1)c1cnc(OCC(F)(F)F)cn1. The number of amides is 1. The van der Waals surface area contributed by atoms with Crippen molar-refractivity contribution in [2.24, 2.45) is 0 Å². The number of carbonyl (C=O) groups is 1. The molecule has 2 aromatic rings. The van der Waals surface area contributed by atoms with Gasteiger partial charge in [-0.3, -0.25) is 4.79 Å². The predicted octanol–water partition coefficient (Wildman–Crippen LogP) is 3.56. The maximum Gasteiger partial charge on any atom is 0.422 e. The largest absolute Gasteiger partial charge is 0.467 e. The van der Waals surface area contributed by atoms with Crippen molar-refractivity contribution >= 4 is 24.0 Å². The van der Waals surface area contributed by atoms with E-state index >= 15 is 0 Å². The Hall–Kier alpha value is -2.39. The van der Waals surface area contributed by atoms with Crippen LogP contribution < -0.4 is 15.4 Å². The number of nitrogens with zero attached hydrogens (tertiary/aromatic N) is 2. The molecule has 0 saturated carbocycles. The first-order valence-corrected chi connectivity index (χ1v) is 8.54. The third-order valence-electron chi connectivity index (χ3n) is 4.18. The summed E-state index contributed by atoms with van der Waals surface area (Å²) in [5.41, 5.74) is 1.80. The summed E-state index contributed by atoms with van der Waals surface area (Å²) in [6, 6.07) is 7.59. The standard InChI is InChI=1S/C18H19F3N4O2.ClH/c19-18(20,21)11-27-16-10-23-15(9-24-16)17(26)25-14-5-3-12(4-6-14)13-2-1-7-22-8-13;/h3-6,9-10,13,22H,1-2,7-8,11H2,(H,25,26);1H/t13-;/m1./s1. The Morgan fingerprint density at radius 2 is 1.96 bits per heavy atom. The zero-order valence-corrected chi connectivity index (χ0v) is 15.6. The van der Waals surface area contributed by atoms with E-state index in [4.69, 9.17) is 0 Å². The molecule has 1 amide bonds. The number of nitrogens with one attached hydrogen (secondary N) is 2. The van der Waals surface area contributed by atoms with Gasteiger partial charge in [-0.2, -0.15) is 13.2 Å². The minimum atomic E-state index is -4.46. The number of hydrogen-bond acceptors (Lipinski definition) is 5. The van der Waals surface area contributed by atoms with Crippen molar-refractivity contribution in [1.29, 1.82) is 0 Å². The van der Waals surface area contributed by atoms with E-state index in [-0.39, 0.29) is 24.0 Å². The van der Waals surface area contributed by atoms with Crippen LogP contribution in [0.2, 0.25) is 0 Å². The van der Waals surface area contributed by atoms with Gasteiger partial charge in [0.05, 0.1) is 12.4 Å². The van der Waals surface area contributed by atoms with Crippen molar-refractivity contribution < 1.29 is 22.7 Å². The van der Waals surface area contributed by atoms with Gasteiger partial charge >= 0.3 is 6.18 Å². The normalized spacial score (nSPS) is 16.8. The summed E-state index contributed by atoms with van der Waals surface area (Å²) < 4.78 is 40.8. The quantitative estimate of drug-likeness (QED) is 0.779. The molecule has 1 aromatic heterocycles. The Kier molecular flexibility index (Phi) is 7.59. The van der Waals surface area contributed by atoms with Gasteiger partial charge in [-0.05, 0) is 43.0 Å². The Labute approximate surface area is 166 Å². The lowest BCUT2D eigenvalue weighted by atomic mass is 9.92. The molecular formula is C18H20ClF3N4O2. The Morgan fingerprint density at radius 1 is 1.21 bits per heavy atom. The molecule has 1 aliphatic rings. The van der Waals surface area contributed by atoms with Crippen LogP contribution >= 0.6 is 12.4 Å². The number of anilines is 1. The number of piperidine rings is 1. The van der Waals surface area contributed by atoms with Gasteiger partial charge in [-0.1, -0.05) is 12.1 Å². The van der Waals surface area contributed by atoms with E-state index in [0.29, 0.717) is 11.6 Å². The van der Waals surface area contributed by atoms with Gasteiger partial charge in [-0.25, -0.2) is 9.97 Å². The molecule has 3 rings (SSSR count). The highest BCUT2D eigenvalue weighted by Crippen LogP contribution is 2.24. The zero-order valence-electron chi connectivity index (χ0n) is 14.8. The molecule has 1 aliphatic heterocycles. The van der Waals surface area contributed by atoms with E-state index in [2.05, 4.69) is 25.3 Å². The maximum atomic E-state index is 12.2. The molecule has 1 aromatic carbocycles. The second kappa shape index (κ2) is 9.70. The summed E-state index contributed by atoms with van der Waals surface area (Å²) >= 11 is 0. The molecule has 6 nitrogen and oxygen atoms in total. The Bertz CT molecular complexity index is 764. The molecule has 2 N–H and O–H groups in total. The molecule has 1 fully saturated rings. The van der Waals surface area contributed by atoms with E-state index < -0.39 is 18.7 Å². The lowest BCUT2D eigenvalue weighted by Gasteiger charge is -2.23. The fourth-order valence-corrected chi connectivity index (χ4v) is 2.83. The molecule has 1 atom stereocenters. The van der Waals surface area contributed by atoms with Crippen molar-refractivity contribution in [1.82, 2.24) is 15.3 Å². The van der Waals surface area contributed by atoms with Crippen molar-refractivity contribution in [3.05, 3.63) is 47.9 Å². The van der Waals surface area contributed by atoms with E-state index in [9.17, 15) is 18.0 Å². The third-order valence-corrected chi connectivity index (χ3v) is 4.18. The van der Waals surface area contributed by atoms with Crippen molar-refractivity contribution in [3.8, 4) is 5.88 Å². The molecule has 28 heavy (non-hydrogen) atoms. The first kappa shape index (κ1) is 21.9. The second-order valence-electron chi connectivity index (χ2n) is 6.26. The highest BCUT2D eigenvalue weighted by molar-refractivity contribution is 6.02. The summed E-state index contributed by atoms with van der Waals surface area (Å²) in [7, 11) is 0. The molecule has 152 valence electrons. The number of ether oxygens (including phenoxy) is 1. The van der Waals surface area contributed by atoms with Crippen LogP contribution in [0.4, 0.5) is 18.9 Å². The van der Waals surface area contributed by atoms with Gasteiger partial charge in [0, 0.05) is 12.2 Å². The highest BCUT2D eigenvalue weighted by Gasteiger charge is 2.28. The minimum Gasteiger partial charge on any atom is -0.467 e. The number of halogens is 4. The van der Waals surface area contributed by atoms with E-state index in [0.717, 1.165) is 38.3 Å². The van der Waals surface area contributed by atoms with Gasteiger partial charge in [-0.15, -0.1) is 12.4 Å². The zero-order chi connectivity index (χ0) is 19.3. The number of aromatic nitrogens is 2. The summed E-state index contributed by atoms with van der Waals surface area (Å²) in [5, 5.41) is 6.05. The first-order valence-electron chi connectivity index (χ1n) is 8.54. The third kappa shape index (κ3) is 6.35. The van der Waals surface area contributed by atoms with Crippen LogP contribution in [-0.4, -0.2) is 41.7 Å². The number of rotatable bonds is 5. The number of benzene rings is 1. The molecular weight excluding hydrogens is 397 g/mol. The molecule has 0 aliphatic carbocycles. The fraction of sp³-hybridized carbons (Fsp3) is 0.389. The minimum absolute atomic E-state index is 0. The van der Waals surface area contributed by atoms with Crippen molar-refractivity contribution in [2.75, 3.05) is 25.0 Å². The van der Waals surface area contributed by atoms with Crippen LogP contribution in [0.15, 0.2) is 36.7 Å². The first-order chi connectivity index (χ1) is 12.9. The van der Waals surface area contributed by atoms with Gasteiger partial charge in [0.15, 0.2) is 6.61 Å². The van der Waals surface area contributed by atoms with E-state index in [1.807, 2.05) is 24.3 Å². The topological polar surface area (TPSA) is 76.1 Å². The molecule has 0 bridgehead atoms. The average molecular weight is 417 g/mol. The molecule has 0 unspecified atom stereocenters. The number of hydrogen-bond donors (Lipinski definition) is 2. The van der Waals surface area contributed by atoms with Crippen LogP contribution in [0.1, 0.15) is 34.8 Å². The maximum absolute atomic E-state index is 12.2. The second-order valence-corrected chi connectivity index (χ2v) is 6.26. The Morgan fingerprint density at radius 3 is 2.54 bits per heavy atom. The Balaban J connectivity index is 0.00000280. The van der Waals surface area contributed by atoms with Crippen LogP contribution in [-0.2, 0) is 0 Å². The molecule has 2 heterocycles. The smallest absolute Gasteiger partial charge is 0.422 e. The summed E-state index contributed by atoms with van der Waals surface area (Å²) in [4.78, 5) is 19.6. The molecule has 1 saturated heterocycles. The van der Waals surface area contributed by atoms with Crippen molar-refractivity contribution in [2.45, 2.75) is 24.9 Å². The predicted molar refractivity (Wildman–Crippen MR) is 100 cm³/mol. The van der Waals surface area contributed by atoms with Crippen LogP contribution in [0, 0.1) is 0 Å². The number of carbonyl (C=O) groups excluding carboxylic acids is 1. The van der Waals surface area contributed by atoms with Gasteiger partial charge in [0.25, 0.3) is 5.91 Å². The molecule has 0 radical (unpaired) electrons. The molecule has 10 heteroatoms. The van der Waals surface area contributed by atoms with Gasteiger partial charge in [0.1, 0.15) is 5.69 Å². The van der Waals surface area contributed by atoms with Crippen LogP contribution in [0.3, 0.4) is 0 Å².